The van der Waals surface area contributed by atoms with Crippen molar-refractivity contribution in [3.05, 3.63) is 65.6 Å². The van der Waals surface area contributed by atoms with Gasteiger partial charge in [-0.25, -0.2) is 8.42 Å². The Kier molecular flexibility index (Phi) is 3.79. The van der Waals surface area contributed by atoms with Crippen LogP contribution in [0.2, 0.25) is 0 Å². The third kappa shape index (κ3) is 2.78. The fraction of sp³-hybridized carbons (Fsp3) is 0.118. The summed E-state index contributed by atoms with van der Waals surface area (Å²) in [6.45, 7) is -0.405. The highest BCUT2D eigenvalue weighted by atomic mass is 32.2. The second-order valence-corrected chi connectivity index (χ2v) is 7.33. The molecule has 3 rings (SSSR count). The summed E-state index contributed by atoms with van der Waals surface area (Å²) in [7, 11) is -3.28. The molecule has 0 fully saturated rings. The van der Waals surface area contributed by atoms with Gasteiger partial charge in [-0.05, 0) is 23.8 Å². The Balaban J connectivity index is 2.30. The monoisotopic (exact) mass is 329 g/mol. The van der Waals surface area contributed by atoms with Crippen LogP contribution in [0, 0.1) is 5.21 Å². The number of fused-ring (bicyclic) bond motifs is 1. The predicted octanol–water partition coefficient (Wildman–Crippen LogP) is 2.04. The first-order valence-electron chi connectivity index (χ1n) is 6.97. The standard InChI is InChI=1S/C17H15NO4S/c1-23(21,22)14-8-6-12(7-9-14)17-15-5-3-2-4-13(15)10-18(20)16(17)11-19/h2-10,19H,11H2,1H3. The van der Waals surface area contributed by atoms with Gasteiger partial charge in [-0.1, -0.05) is 30.3 Å². The lowest BCUT2D eigenvalue weighted by molar-refractivity contribution is -0.614. The Morgan fingerprint density at radius 2 is 1.74 bits per heavy atom. The average molecular weight is 329 g/mol. The maximum absolute atomic E-state index is 12.1. The Labute approximate surface area is 133 Å². The Bertz CT molecular complexity index is 979. The van der Waals surface area contributed by atoms with Crippen molar-refractivity contribution < 1.29 is 18.3 Å². The van der Waals surface area contributed by atoms with Gasteiger partial charge in [-0.15, -0.1) is 0 Å². The molecule has 3 aromatic rings. The number of aliphatic hydroxyl groups excluding tert-OH is 1. The Morgan fingerprint density at radius 3 is 2.35 bits per heavy atom. The molecular formula is C17H15NO4S. The van der Waals surface area contributed by atoms with Gasteiger partial charge >= 0.3 is 0 Å². The number of rotatable bonds is 3. The minimum atomic E-state index is -3.28. The zero-order chi connectivity index (χ0) is 16.6. The highest BCUT2D eigenvalue weighted by Crippen LogP contribution is 2.31. The topological polar surface area (TPSA) is 81.3 Å². The molecule has 118 valence electrons. The fourth-order valence-electron chi connectivity index (χ4n) is 2.65. The largest absolute Gasteiger partial charge is 0.618 e. The molecule has 2 aromatic carbocycles. The lowest BCUT2D eigenvalue weighted by Gasteiger charge is -2.12. The highest BCUT2D eigenvalue weighted by molar-refractivity contribution is 7.90. The van der Waals surface area contributed by atoms with E-state index in [0.717, 1.165) is 17.0 Å². The number of aliphatic hydroxyl groups is 1. The minimum absolute atomic E-state index is 0.210. The maximum Gasteiger partial charge on any atom is 0.226 e. The van der Waals surface area contributed by atoms with Crippen molar-refractivity contribution in [2.75, 3.05) is 6.26 Å². The van der Waals surface area contributed by atoms with E-state index in [4.69, 9.17) is 0 Å². The summed E-state index contributed by atoms with van der Waals surface area (Å²) < 4.78 is 23.8. The van der Waals surface area contributed by atoms with Crippen LogP contribution in [0.25, 0.3) is 21.9 Å². The van der Waals surface area contributed by atoms with Gasteiger partial charge in [-0.2, -0.15) is 4.73 Å². The van der Waals surface area contributed by atoms with Crippen molar-refractivity contribution in [1.82, 2.24) is 0 Å². The molecule has 23 heavy (non-hydrogen) atoms. The first-order valence-corrected chi connectivity index (χ1v) is 8.86. The molecule has 1 aromatic heterocycles. The average Bonchev–Trinajstić information content (AvgIpc) is 2.53. The molecule has 0 radical (unpaired) electrons. The van der Waals surface area contributed by atoms with Crippen molar-refractivity contribution in [2.45, 2.75) is 11.5 Å². The number of nitrogens with zero attached hydrogens (tertiary/aromatic N) is 1. The summed E-state index contributed by atoms with van der Waals surface area (Å²) in [5.41, 5.74) is 1.53. The number of hydrogen-bond donors (Lipinski definition) is 1. The van der Waals surface area contributed by atoms with Crippen molar-refractivity contribution in [3.63, 3.8) is 0 Å². The van der Waals surface area contributed by atoms with Gasteiger partial charge in [0.05, 0.1) is 10.5 Å². The molecule has 0 atom stereocenters. The van der Waals surface area contributed by atoms with E-state index in [9.17, 15) is 18.7 Å². The van der Waals surface area contributed by atoms with E-state index in [1.807, 2.05) is 24.3 Å². The van der Waals surface area contributed by atoms with Crippen LogP contribution in [0.4, 0.5) is 0 Å². The van der Waals surface area contributed by atoms with Crippen LogP contribution < -0.4 is 4.73 Å². The molecule has 0 aliphatic carbocycles. The van der Waals surface area contributed by atoms with E-state index in [0.29, 0.717) is 15.9 Å². The van der Waals surface area contributed by atoms with Crippen molar-refractivity contribution in [3.8, 4) is 11.1 Å². The number of aromatic nitrogens is 1. The summed E-state index contributed by atoms with van der Waals surface area (Å²) in [4.78, 5) is 0.210. The maximum atomic E-state index is 12.1. The van der Waals surface area contributed by atoms with E-state index >= 15 is 0 Å². The van der Waals surface area contributed by atoms with Crippen LogP contribution in [-0.2, 0) is 16.4 Å². The summed E-state index contributed by atoms with van der Waals surface area (Å²) in [5.74, 6) is 0. The first-order chi connectivity index (χ1) is 10.9. The van der Waals surface area contributed by atoms with E-state index in [-0.39, 0.29) is 10.6 Å². The SMILES string of the molecule is CS(=O)(=O)c1ccc(-c2c(CO)[n+]([O-])cc3ccccc23)cc1. The molecule has 0 amide bonds. The normalized spacial score (nSPS) is 11.7. The molecule has 0 aliphatic heterocycles. The third-order valence-corrected chi connectivity index (χ3v) is 4.89. The van der Waals surface area contributed by atoms with Crippen LogP contribution >= 0.6 is 0 Å². The summed E-state index contributed by atoms with van der Waals surface area (Å²) in [6, 6.07) is 13.7. The molecular weight excluding hydrogens is 314 g/mol. The van der Waals surface area contributed by atoms with E-state index < -0.39 is 16.4 Å². The van der Waals surface area contributed by atoms with Gasteiger partial charge in [0.15, 0.2) is 16.0 Å². The summed E-state index contributed by atoms with van der Waals surface area (Å²) in [5, 5.41) is 23.3. The number of pyridine rings is 1. The smallest absolute Gasteiger partial charge is 0.226 e. The second kappa shape index (κ2) is 5.64. The van der Waals surface area contributed by atoms with Crippen molar-refractivity contribution in [1.29, 1.82) is 0 Å². The summed E-state index contributed by atoms with van der Waals surface area (Å²) in [6.07, 6.45) is 2.57. The molecule has 6 heteroatoms. The minimum Gasteiger partial charge on any atom is -0.618 e. The molecule has 5 nitrogen and oxygen atoms in total. The molecule has 0 bridgehead atoms. The van der Waals surface area contributed by atoms with Crippen molar-refractivity contribution in [2.24, 2.45) is 0 Å². The quantitative estimate of drug-likeness (QED) is 0.589. The van der Waals surface area contributed by atoms with Crippen LogP contribution in [0.15, 0.2) is 59.6 Å². The Hall–Kier alpha value is -2.44. The zero-order valence-corrected chi connectivity index (χ0v) is 13.2. The number of hydrogen-bond acceptors (Lipinski definition) is 4. The van der Waals surface area contributed by atoms with Crippen LogP contribution in [0.3, 0.4) is 0 Å². The molecule has 0 spiro atoms. The van der Waals surface area contributed by atoms with Crippen molar-refractivity contribution >= 4 is 20.6 Å². The van der Waals surface area contributed by atoms with E-state index in [1.54, 1.807) is 12.1 Å². The molecule has 0 saturated carbocycles. The van der Waals surface area contributed by atoms with E-state index in [2.05, 4.69) is 0 Å². The van der Waals surface area contributed by atoms with Crippen LogP contribution in [-0.4, -0.2) is 19.8 Å². The molecule has 0 saturated heterocycles. The zero-order valence-electron chi connectivity index (χ0n) is 12.4. The van der Waals surface area contributed by atoms with Crippen LogP contribution in [0.5, 0.6) is 0 Å². The third-order valence-electron chi connectivity index (χ3n) is 3.76. The van der Waals surface area contributed by atoms with Gasteiger partial charge in [0.25, 0.3) is 0 Å². The highest BCUT2D eigenvalue weighted by Gasteiger charge is 2.18. The van der Waals surface area contributed by atoms with E-state index in [1.165, 1.54) is 18.3 Å². The lowest BCUT2D eigenvalue weighted by Crippen LogP contribution is -2.32. The van der Waals surface area contributed by atoms with Gasteiger partial charge in [0.2, 0.25) is 5.69 Å². The second-order valence-electron chi connectivity index (χ2n) is 5.32. The number of benzene rings is 2. The van der Waals surface area contributed by atoms with Gasteiger partial charge in [0, 0.05) is 17.0 Å². The molecule has 1 N–H and O–H groups in total. The predicted molar refractivity (Wildman–Crippen MR) is 87.4 cm³/mol. The fourth-order valence-corrected chi connectivity index (χ4v) is 3.28. The Morgan fingerprint density at radius 1 is 1.09 bits per heavy atom. The number of sulfone groups is 1. The van der Waals surface area contributed by atoms with Gasteiger partial charge in [-0.3, -0.25) is 0 Å². The molecule has 1 heterocycles. The molecule has 0 aliphatic rings. The van der Waals surface area contributed by atoms with Gasteiger partial charge in [0.1, 0.15) is 6.61 Å². The van der Waals surface area contributed by atoms with Crippen LogP contribution in [0.1, 0.15) is 5.69 Å². The first kappa shape index (κ1) is 15.5. The molecule has 0 unspecified atom stereocenters. The van der Waals surface area contributed by atoms with Gasteiger partial charge < -0.3 is 10.3 Å². The lowest BCUT2D eigenvalue weighted by atomic mass is 9.97. The summed E-state index contributed by atoms with van der Waals surface area (Å²) >= 11 is 0.